The zero-order chi connectivity index (χ0) is 21.0. The van der Waals surface area contributed by atoms with Crippen LogP contribution in [-0.2, 0) is 4.79 Å². The average molecular weight is 437 g/mol. The lowest BCUT2D eigenvalue weighted by molar-refractivity contribution is -0.113. The van der Waals surface area contributed by atoms with Crippen molar-refractivity contribution in [3.05, 3.63) is 52.9 Å². The van der Waals surface area contributed by atoms with Crippen LogP contribution in [0.3, 0.4) is 0 Å². The molecule has 0 aromatic heterocycles. The van der Waals surface area contributed by atoms with Crippen LogP contribution in [0.25, 0.3) is 6.08 Å². The number of hydrogen-bond donors (Lipinski definition) is 0. The summed E-state index contributed by atoms with van der Waals surface area (Å²) >= 11 is 6.52. The van der Waals surface area contributed by atoms with Crippen molar-refractivity contribution >= 4 is 46.0 Å². The van der Waals surface area contributed by atoms with Gasteiger partial charge in [-0.2, -0.15) is 8.78 Å². The number of alkyl halides is 2. The molecule has 0 aliphatic carbocycles. The number of thioether (sulfide) groups is 1. The number of methoxy groups -OCH3 is 1. The fourth-order valence-electron chi connectivity index (χ4n) is 2.67. The minimum absolute atomic E-state index is 0.0819. The maximum atomic E-state index is 12.9. The summed E-state index contributed by atoms with van der Waals surface area (Å²) in [5.41, 5.74) is 1.23. The highest BCUT2D eigenvalue weighted by atomic mass is 32.2. The molecule has 0 atom stereocenters. The molecule has 0 bridgehead atoms. The molecule has 0 radical (unpaired) electrons. The van der Waals surface area contributed by atoms with E-state index in [0.29, 0.717) is 32.8 Å². The zero-order valence-corrected chi connectivity index (χ0v) is 17.2. The van der Waals surface area contributed by atoms with Crippen LogP contribution in [-0.4, -0.2) is 30.6 Å². The standard InChI is InChI=1S/C20H17F2NO4S2/c1-3-26-14-7-5-13(6-8-14)23-18(24)17(29-20(23)28)11-12-4-9-15(27-19(21)22)16(10-12)25-2/h4-11,19H,3H2,1-2H3/b17-11-. The Bertz CT molecular complexity index is 948. The summed E-state index contributed by atoms with van der Waals surface area (Å²) in [5.74, 6) is 0.495. The summed E-state index contributed by atoms with van der Waals surface area (Å²) in [6.07, 6.45) is 1.63. The Balaban J connectivity index is 1.84. The fraction of sp³-hybridized carbons (Fsp3) is 0.200. The summed E-state index contributed by atoms with van der Waals surface area (Å²) < 4.78 is 40.2. The van der Waals surface area contributed by atoms with Crippen LogP contribution in [0.15, 0.2) is 47.4 Å². The predicted octanol–water partition coefficient (Wildman–Crippen LogP) is 5.10. The van der Waals surface area contributed by atoms with Gasteiger partial charge in [0.15, 0.2) is 15.8 Å². The van der Waals surface area contributed by atoms with Crippen molar-refractivity contribution in [2.75, 3.05) is 18.6 Å². The van der Waals surface area contributed by atoms with Gasteiger partial charge in [0.2, 0.25) is 0 Å². The molecule has 2 aromatic carbocycles. The van der Waals surface area contributed by atoms with Crippen molar-refractivity contribution in [1.82, 2.24) is 0 Å². The van der Waals surface area contributed by atoms with Gasteiger partial charge in [-0.1, -0.05) is 30.0 Å². The molecular weight excluding hydrogens is 420 g/mol. The van der Waals surface area contributed by atoms with Gasteiger partial charge in [-0.15, -0.1) is 0 Å². The van der Waals surface area contributed by atoms with E-state index in [1.165, 1.54) is 24.1 Å². The molecule has 0 spiro atoms. The largest absolute Gasteiger partial charge is 0.494 e. The van der Waals surface area contributed by atoms with E-state index in [-0.39, 0.29) is 17.4 Å². The first-order valence-corrected chi connectivity index (χ1v) is 9.79. The van der Waals surface area contributed by atoms with E-state index in [4.69, 9.17) is 21.7 Å². The molecular formula is C20H17F2NO4S2. The van der Waals surface area contributed by atoms with E-state index in [9.17, 15) is 13.6 Å². The number of carbonyl (C=O) groups excluding carboxylic acids is 1. The quantitative estimate of drug-likeness (QED) is 0.444. The van der Waals surface area contributed by atoms with Crippen LogP contribution in [0.4, 0.5) is 14.5 Å². The summed E-state index contributed by atoms with van der Waals surface area (Å²) in [6.45, 7) is -0.518. The molecule has 9 heteroatoms. The second-order valence-corrected chi connectivity index (χ2v) is 7.41. The number of carbonyl (C=O) groups is 1. The Hall–Kier alpha value is -2.65. The number of amides is 1. The summed E-state index contributed by atoms with van der Waals surface area (Å²) in [6, 6.07) is 11.5. The third kappa shape index (κ3) is 4.86. The minimum atomic E-state index is -2.96. The second kappa shape index (κ2) is 9.23. The van der Waals surface area contributed by atoms with Crippen molar-refractivity contribution in [2.24, 2.45) is 0 Å². The van der Waals surface area contributed by atoms with Crippen LogP contribution in [0.2, 0.25) is 0 Å². The highest BCUT2D eigenvalue weighted by molar-refractivity contribution is 8.27. The van der Waals surface area contributed by atoms with Crippen molar-refractivity contribution in [3.63, 3.8) is 0 Å². The number of nitrogens with zero attached hydrogens (tertiary/aromatic N) is 1. The van der Waals surface area contributed by atoms with E-state index in [2.05, 4.69) is 4.74 Å². The number of hydrogen-bond acceptors (Lipinski definition) is 6. The van der Waals surface area contributed by atoms with Crippen molar-refractivity contribution in [3.8, 4) is 17.2 Å². The van der Waals surface area contributed by atoms with E-state index >= 15 is 0 Å². The molecule has 1 aliphatic rings. The molecule has 1 aliphatic heterocycles. The third-order valence-electron chi connectivity index (χ3n) is 3.90. The molecule has 1 fully saturated rings. The van der Waals surface area contributed by atoms with Gasteiger partial charge in [0.05, 0.1) is 24.3 Å². The van der Waals surface area contributed by atoms with Crippen molar-refractivity contribution < 1.29 is 27.8 Å². The van der Waals surface area contributed by atoms with Gasteiger partial charge in [-0.25, -0.2) is 0 Å². The smallest absolute Gasteiger partial charge is 0.387 e. The van der Waals surface area contributed by atoms with Crippen LogP contribution < -0.4 is 19.1 Å². The zero-order valence-electron chi connectivity index (χ0n) is 15.6. The van der Waals surface area contributed by atoms with Gasteiger partial charge in [0, 0.05) is 0 Å². The average Bonchev–Trinajstić information content (AvgIpc) is 2.97. The summed E-state index contributed by atoms with van der Waals surface area (Å²) in [4.78, 5) is 14.7. The highest BCUT2D eigenvalue weighted by Crippen LogP contribution is 2.37. The lowest BCUT2D eigenvalue weighted by atomic mass is 10.2. The Labute approximate surface area is 176 Å². The summed E-state index contributed by atoms with van der Waals surface area (Å²) in [5, 5.41) is 0. The lowest BCUT2D eigenvalue weighted by Crippen LogP contribution is -2.27. The van der Waals surface area contributed by atoms with Crippen LogP contribution in [0.5, 0.6) is 17.2 Å². The van der Waals surface area contributed by atoms with E-state index < -0.39 is 6.61 Å². The van der Waals surface area contributed by atoms with Crippen LogP contribution in [0.1, 0.15) is 12.5 Å². The van der Waals surface area contributed by atoms with Crippen LogP contribution >= 0.6 is 24.0 Å². The molecule has 3 rings (SSSR count). The maximum Gasteiger partial charge on any atom is 0.387 e. The first kappa shape index (κ1) is 21.1. The highest BCUT2D eigenvalue weighted by Gasteiger charge is 2.33. The Kier molecular flexibility index (Phi) is 6.71. The minimum Gasteiger partial charge on any atom is -0.494 e. The molecule has 0 N–H and O–H groups in total. The normalized spacial score (nSPS) is 15.3. The van der Waals surface area contributed by atoms with E-state index in [1.54, 1.807) is 36.4 Å². The third-order valence-corrected chi connectivity index (χ3v) is 5.20. The molecule has 1 amide bonds. The molecule has 5 nitrogen and oxygen atoms in total. The van der Waals surface area contributed by atoms with Gasteiger partial charge >= 0.3 is 6.61 Å². The number of anilines is 1. The van der Waals surface area contributed by atoms with Gasteiger partial charge in [0.25, 0.3) is 5.91 Å². The van der Waals surface area contributed by atoms with Crippen LogP contribution in [0, 0.1) is 0 Å². The number of rotatable bonds is 7. The first-order chi connectivity index (χ1) is 13.9. The Morgan fingerprint density at radius 3 is 2.52 bits per heavy atom. The van der Waals surface area contributed by atoms with E-state index in [0.717, 1.165) is 11.8 Å². The van der Waals surface area contributed by atoms with Crippen molar-refractivity contribution in [2.45, 2.75) is 13.5 Å². The lowest BCUT2D eigenvalue weighted by Gasteiger charge is -2.15. The fourth-order valence-corrected chi connectivity index (χ4v) is 3.97. The Morgan fingerprint density at radius 1 is 1.17 bits per heavy atom. The topological polar surface area (TPSA) is 48.0 Å². The maximum absolute atomic E-state index is 12.9. The SMILES string of the molecule is CCOc1ccc(N2C(=O)/C(=C/c3ccc(OC(F)F)c(OC)c3)SC2=S)cc1. The first-order valence-electron chi connectivity index (χ1n) is 8.56. The Morgan fingerprint density at radius 2 is 1.90 bits per heavy atom. The van der Waals surface area contributed by atoms with Gasteiger partial charge in [-0.05, 0) is 55.0 Å². The van der Waals surface area contributed by atoms with Gasteiger partial charge < -0.3 is 14.2 Å². The molecule has 2 aromatic rings. The number of ether oxygens (including phenoxy) is 3. The molecule has 1 saturated heterocycles. The molecule has 0 saturated carbocycles. The predicted molar refractivity (Wildman–Crippen MR) is 113 cm³/mol. The van der Waals surface area contributed by atoms with Crippen molar-refractivity contribution in [1.29, 1.82) is 0 Å². The van der Waals surface area contributed by atoms with Gasteiger partial charge in [-0.3, -0.25) is 9.69 Å². The van der Waals surface area contributed by atoms with Gasteiger partial charge in [0.1, 0.15) is 5.75 Å². The van der Waals surface area contributed by atoms with E-state index in [1.807, 2.05) is 6.92 Å². The molecule has 1 heterocycles. The summed E-state index contributed by atoms with van der Waals surface area (Å²) in [7, 11) is 1.35. The molecule has 0 unspecified atom stereocenters. The second-order valence-electron chi connectivity index (χ2n) is 5.73. The monoisotopic (exact) mass is 437 g/mol. The number of thiocarbonyl (C=S) groups is 1. The number of benzene rings is 2. The number of halogens is 2. The molecule has 152 valence electrons. The molecule has 29 heavy (non-hydrogen) atoms.